The highest BCUT2D eigenvalue weighted by atomic mass is 32.1. The van der Waals surface area contributed by atoms with E-state index in [-0.39, 0.29) is 30.1 Å². The zero-order chi connectivity index (χ0) is 26.6. The molecule has 1 aliphatic heterocycles. The van der Waals surface area contributed by atoms with Crippen LogP contribution in [0, 0.1) is 17.6 Å². The van der Waals surface area contributed by atoms with Gasteiger partial charge in [-0.25, -0.2) is 13.8 Å². The number of hydrogen-bond acceptors (Lipinski definition) is 7. The lowest BCUT2D eigenvalue weighted by molar-refractivity contribution is -0.137. The van der Waals surface area contributed by atoms with Crippen LogP contribution in [0.5, 0.6) is 5.75 Å². The van der Waals surface area contributed by atoms with Crippen molar-refractivity contribution in [2.45, 2.75) is 19.4 Å². The monoisotopic (exact) mass is 557 g/mol. The number of hydrogen-bond donors (Lipinski definition) is 2. The number of fused-ring (bicyclic) bond motifs is 1. The first-order valence-electron chi connectivity index (χ1n) is 12.1. The number of thiazole rings is 1. The zero-order valence-corrected chi connectivity index (χ0v) is 21.9. The summed E-state index contributed by atoms with van der Waals surface area (Å²) in [4.78, 5) is 30.1. The van der Waals surface area contributed by atoms with E-state index in [1.165, 1.54) is 33.6 Å². The maximum atomic E-state index is 14.1. The molecule has 7 nitrogen and oxygen atoms in total. The predicted molar refractivity (Wildman–Crippen MR) is 143 cm³/mol. The molecule has 198 valence electrons. The molecule has 0 atom stereocenters. The maximum Gasteiger partial charge on any atom is 0.323 e. The topological polar surface area (TPSA) is 91.8 Å². The SMILES string of the molecule is O=C(O)CN(CC1CCNCC1)C(=O)c1csc(COc2ccc(-c3cc(F)c(F)c4ccsc34)cc2)n1. The highest BCUT2D eigenvalue weighted by Crippen LogP contribution is 2.36. The van der Waals surface area contributed by atoms with Gasteiger partial charge in [0.2, 0.25) is 0 Å². The Labute approximate surface area is 225 Å². The van der Waals surface area contributed by atoms with Crippen molar-refractivity contribution in [3.05, 3.63) is 69.5 Å². The summed E-state index contributed by atoms with van der Waals surface area (Å²) in [6.45, 7) is 1.87. The third-order valence-electron chi connectivity index (χ3n) is 6.48. The van der Waals surface area contributed by atoms with Crippen LogP contribution in [-0.2, 0) is 11.4 Å². The van der Waals surface area contributed by atoms with Gasteiger partial charge < -0.3 is 20.1 Å². The molecular formula is C27H25F2N3O4S2. The molecule has 38 heavy (non-hydrogen) atoms. The van der Waals surface area contributed by atoms with E-state index in [9.17, 15) is 23.5 Å². The molecule has 1 fully saturated rings. The molecule has 2 aromatic heterocycles. The normalized spacial score (nSPS) is 14.1. The number of carbonyl (C=O) groups is 2. The molecule has 0 aliphatic carbocycles. The van der Waals surface area contributed by atoms with Crippen LogP contribution in [-0.4, -0.2) is 53.0 Å². The fourth-order valence-corrected chi connectivity index (χ4v) is 6.17. The summed E-state index contributed by atoms with van der Waals surface area (Å²) in [6, 6.07) is 9.81. The lowest BCUT2D eigenvalue weighted by atomic mass is 9.97. The second kappa shape index (κ2) is 11.5. The van der Waals surface area contributed by atoms with E-state index >= 15 is 0 Å². The summed E-state index contributed by atoms with van der Waals surface area (Å²) in [5.41, 5.74) is 1.55. The Bertz CT molecular complexity index is 1450. The number of nitrogens with zero attached hydrogens (tertiary/aromatic N) is 2. The number of nitrogens with one attached hydrogen (secondary N) is 1. The molecule has 0 spiro atoms. The van der Waals surface area contributed by atoms with Crippen LogP contribution in [0.25, 0.3) is 21.2 Å². The van der Waals surface area contributed by atoms with Gasteiger partial charge >= 0.3 is 5.97 Å². The summed E-state index contributed by atoms with van der Waals surface area (Å²) < 4.78 is 34.7. The van der Waals surface area contributed by atoms with E-state index in [4.69, 9.17) is 4.74 Å². The molecule has 3 heterocycles. The van der Waals surface area contributed by atoms with Crippen LogP contribution in [0.4, 0.5) is 8.78 Å². The van der Waals surface area contributed by atoms with Crippen molar-refractivity contribution in [1.82, 2.24) is 15.2 Å². The molecule has 2 aromatic carbocycles. The number of benzene rings is 2. The number of ether oxygens (including phenoxy) is 1. The van der Waals surface area contributed by atoms with Crippen LogP contribution in [0.2, 0.25) is 0 Å². The lowest BCUT2D eigenvalue weighted by Crippen LogP contribution is -2.42. The number of halogens is 2. The van der Waals surface area contributed by atoms with Crippen molar-refractivity contribution >= 4 is 44.6 Å². The van der Waals surface area contributed by atoms with Gasteiger partial charge in [0.15, 0.2) is 11.6 Å². The predicted octanol–water partition coefficient (Wildman–Crippen LogP) is 5.41. The molecule has 11 heteroatoms. The van der Waals surface area contributed by atoms with Crippen LogP contribution in [0.15, 0.2) is 47.2 Å². The number of carboxylic acids is 1. The molecule has 5 rings (SSSR count). The van der Waals surface area contributed by atoms with Crippen LogP contribution in [0.1, 0.15) is 28.3 Å². The number of rotatable bonds is 9. The van der Waals surface area contributed by atoms with Crippen molar-refractivity contribution in [2.75, 3.05) is 26.2 Å². The third-order valence-corrected chi connectivity index (χ3v) is 8.25. The van der Waals surface area contributed by atoms with E-state index < -0.39 is 23.5 Å². The summed E-state index contributed by atoms with van der Waals surface area (Å²) in [7, 11) is 0. The van der Waals surface area contributed by atoms with Crippen molar-refractivity contribution in [1.29, 1.82) is 0 Å². The second-order valence-electron chi connectivity index (χ2n) is 9.10. The minimum absolute atomic E-state index is 0.130. The molecule has 1 saturated heterocycles. The van der Waals surface area contributed by atoms with E-state index in [0.717, 1.165) is 31.5 Å². The smallest absolute Gasteiger partial charge is 0.323 e. The van der Waals surface area contributed by atoms with Gasteiger partial charge in [-0.05, 0) is 67.1 Å². The molecule has 4 aromatic rings. The first kappa shape index (κ1) is 26.2. The number of thiophene rings is 1. The Morgan fingerprint density at radius 2 is 1.89 bits per heavy atom. The first-order chi connectivity index (χ1) is 18.4. The van der Waals surface area contributed by atoms with Crippen LogP contribution in [0.3, 0.4) is 0 Å². The van der Waals surface area contributed by atoms with Gasteiger partial charge in [0.05, 0.1) is 0 Å². The largest absolute Gasteiger partial charge is 0.486 e. The number of carbonyl (C=O) groups excluding carboxylic acids is 1. The van der Waals surface area contributed by atoms with Gasteiger partial charge in [-0.15, -0.1) is 22.7 Å². The third kappa shape index (κ3) is 5.85. The van der Waals surface area contributed by atoms with Crippen molar-refractivity contribution in [2.24, 2.45) is 5.92 Å². The fraction of sp³-hybridized carbons (Fsp3) is 0.296. The average Bonchev–Trinajstić information content (AvgIpc) is 3.60. The van der Waals surface area contributed by atoms with Crippen molar-refractivity contribution in [3.8, 4) is 16.9 Å². The molecule has 0 unspecified atom stereocenters. The van der Waals surface area contributed by atoms with Gasteiger partial charge in [0.1, 0.15) is 29.6 Å². The molecule has 2 N–H and O–H groups in total. The Kier molecular flexibility index (Phi) is 7.96. The zero-order valence-electron chi connectivity index (χ0n) is 20.3. The van der Waals surface area contributed by atoms with E-state index in [1.54, 1.807) is 41.1 Å². The molecule has 1 amide bonds. The van der Waals surface area contributed by atoms with Gasteiger partial charge in [-0.2, -0.15) is 0 Å². The molecule has 0 bridgehead atoms. The summed E-state index contributed by atoms with van der Waals surface area (Å²) in [5, 5.41) is 16.8. The van der Waals surface area contributed by atoms with Gasteiger partial charge in [0.25, 0.3) is 5.91 Å². The van der Waals surface area contributed by atoms with Gasteiger partial charge in [-0.3, -0.25) is 9.59 Å². The quantitative estimate of drug-likeness (QED) is 0.286. The van der Waals surface area contributed by atoms with Gasteiger partial charge in [-0.1, -0.05) is 12.1 Å². The van der Waals surface area contributed by atoms with E-state index in [2.05, 4.69) is 10.3 Å². The van der Waals surface area contributed by atoms with E-state index in [1.807, 2.05) is 0 Å². The average molecular weight is 558 g/mol. The Morgan fingerprint density at radius 1 is 1.13 bits per heavy atom. The second-order valence-corrected chi connectivity index (χ2v) is 11.0. The Balaban J connectivity index is 1.23. The highest BCUT2D eigenvalue weighted by Gasteiger charge is 2.25. The van der Waals surface area contributed by atoms with Crippen LogP contribution < -0.4 is 10.1 Å². The number of carboxylic acid groups (broad SMARTS) is 1. The Hall–Kier alpha value is -3.41. The first-order valence-corrected chi connectivity index (χ1v) is 13.9. The summed E-state index contributed by atoms with van der Waals surface area (Å²) in [5.74, 6) is -2.38. The van der Waals surface area contributed by atoms with Crippen molar-refractivity contribution in [3.63, 3.8) is 0 Å². The van der Waals surface area contributed by atoms with Crippen molar-refractivity contribution < 1.29 is 28.2 Å². The fourth-order valence-electron chi connectivity index (χ4n) is 4.56. The highest BCUT2D eigenvalue weighted by molar-refractivity contribution is 7.17. The number of aromatic nitrogens is 1. The van der Waals surface area contributed by atoms with E-state index in [0.29, 0.717) is 27.6 Å². The summed E-state index contributed by atoms with van der Waals surface area (Å²) in [6.07, 6.45) is 1.79. The minimum Gasteiger partial charge on any atom is -0.486 e. The molecule has 1 aliphatic rings. The summed E-state index contributed by atoms with van der Waals surface area (Å²) >= 11 is 2.62. The minimum atomic E-state index is -1.06. The molecular weight excluding hydrogens is 532 g/mol. The lowest BCUT2D eigenvalue weighted by Gasteiger charge is -2.28. The number of piperidine rings is 1. The Morgan fingerprint density at radius 3 is 2.63 bits per heavy atom. The number of amides is 1. The van der Waals surface area contributed by atoms with Gasteiger partial charge in [0, 0.05) is 27.6 Å². The molecule has 0 radical (unpaired) electrons. The molecule has 0 saturated carbocycles. The van der Waals surface area contributed by atoms with Crippen LogP contribution >= 0.6 is 22.7 Å². The number of aliphatic carboxylic acids is 1. The maximum absolute atomic E-state index is 14.1. The standard InChI is InChI=1S/C27H25F2N3O4S2/c28-21-11-20(26-19(25(21)29)7-10-37-26)17-1-3-18(4-2-17)36-14-23-31-22(15-38-23)27(35)32(13-24(33)34)12-16-5-8-30-9-6-16/h1-4,7,10-11,15-16,30H,5-6,8-9,12-14H2,(H,33,34).